The van der Waals surface area contributed by atoms with Gasteiger partial charge in [0.15, 0.2) is 0 Å². The number of hydrogen-bond acceptors (Lipinski definition) is 5. The SMILES string of the molecule is CC1CCCN(C(=O)C2CCN(Cn3ncc4cc([N+](=O)[O-])ccc43)CC2)C1. The summed E-state index contributed by atoms with van der Waals surface area (Å²) in [6.45, 7) is 6.43. The molecule has 4 rings (SSSR count). The minimum atomic E-state index is -0.387. The van der Waals surface area contributed by atoms with Gasteiger partial charge >= 0.3 is 0 Å². The molecule has 1 atom stereocenters. The Morgan fingerprint density at radius 2 is 2.04 bits per heavy atom. The molecule has 2 aliphatic rings. The number of likely N-dealkylation sites (tertiary alicyclic amines) is 2. The van der Waals surface area contributed by atoms with Crippen molar-refractivity contribution in [3.05, 3.63) is 34.5 Å². The zero-order valence-electron chi connectivity index (χ0n) is 16.3. The van der Waals surface area contributed by atoms with Crippen LogP contribution in [0.5, 0.6) is 0 Å². The number of carbonyl (C=O) groups is 1. The molecule has 0 spiro atoms. The molecule has 2 aliphatic heterocycles. The van der Waals surface area contributed by atoms with Gasteiger partial charge in [0.2, 0.25) is 5.91 Å². The largest absolute Gasteiger partial charge is 0.342 e. The fraction of sp³-hybridized carbons (Fsp3) is 0.600. The fourth-order valence-electron chi connectivity index (χ4n) is 4.46. The number of non-ortho nitro benzene ring substituents is 1. The van der Waals surface area contributed by atoms with Gasteiger partial charge in [0.25, 0.3) is 5.69 Å². The van der Waals surface area contributed by atoms with Crippen molar-refractivity contribution in [3.63, 3.8) is 0 Å². The summed E-state index contributed by atoms with van der Waals surface area (Å²) in [6.07, 6.45) is 5.79. The van der Waals surface area contributed by atoms with E-state index in [0.29, 0.717) is 18.5 Å². The smallest absolute Gasteiger partial charge is 0.270 e. The Morgan fingerprint density at radius 3 is 2.75 bits per heavy atom. The van der Waals surface area contributed by atoms with Gasteiger partial charge in [-0.3, -0.25) is 24.5 Å². The molecule has 8 nitrogen and oxygen atoms in total. The molecule has 8 heteroatoms. The molecule has 3 heterocycles. The van der Waals surface area contributed by atoms with E-state index in [9.17, 15) is 14.9 Å². The fourth-order valence-corrected chi connectivity index (χ4v) is 4.46. The molecule has 0 aliphatic carbocycles. The van der Waals surface area contributed by atoms with Gasteiger partial charge in [-0.2, -0.15) is 5.10 Å². The first-order valence-electron chi connectivity index (χ1n) is 10.1. The summed E-state index contributed by atoms with van der Waals surface area (Å²) >= 11 is 0. The van der Waals surface area contributed by atoms with Gasteiger partial charge in [0.1, 0.15) is 0 Å². The van der Waals surface area contributed by atoms with Crippen molar-refractivity contribution < 1.29 is 9.72 Å². The van der Waals surface area contributed by atoms with Crippen molar-refractivity contribution in [2.75, 3.05) is 26.2 Å². The summed E-state index contributed by atoms with van der Waals surface area (Å²) in [6, 6.07) is 4.84. The second-order valence-electron chi connectivity index (χ2n) is 8.21. The van der Waals surface area contributed by atoms with E-state index in [2.05, 4.69) is 21.8 Å². The van der Waals surface area contributed by atoms with E-state index in [1.165, 1.54) is 12.5 Å². The first-order valence-corrected chi connectivity index (χ1v) is 10.1. The van der Waals surface area contributed by atoms with Crippen molar-refractivity contribution in [1.82, 2.24) is 19.6 Å². The topological polar surface area (TPSA) is 84.5 Å². The maximum Gasteiger partial charge on any atom is 0.270 e. The summed E-state index contributed by atoms with van der Waals surface area (Å²) in [5.41, 5.74) is 0.976. The minimum absolute atomic E-state index is 0.0819. The van der Waals surface area contributed by atoms with Crippen LogP contribution in [0.2, 0.25) is 0 Å². The lowest BCUT2D eigenvalue weighted by Crippen LogP contribution is -2.46. The molecular weight excluding hydrogens is 358 g/mol. The van der Waals surface area contributed by atoms with E-state index in [1.54, 1.807) is 18.3 Å². The lowest BCUT2D eigenvalue weighted by molar-refractivity contribution is -0.384. The third kappa shape index (κ3) is 3.87. The summed E-state index contributed by atoms with van der Waals surface area (Å²) in [7, 11) is 0. The maximum atomic E-state index is 12.8. The molecule has 1 unspecified atom stereocenters. The minimum Gasteiger partial charge on any atom is -0.342 e. The number of aromatic nitrogens is 2. The zero-order valence-corrected chi connectivity index (χ0v) is 16.3. The first-order chi connectivity index (χ1) is 13.5. The predicted octanol–water partition coefficient (Wildman–Crippen LogP) is 2.87. The monoisotopic (exact) mass is 385 g/mol. The van der Waals surface area contributed by atoms with E-state index >= 15 is 0 Å². The standard InChI is InChI=1S/C20H27N5O3/c1-15-3-2-8-23(13-15)20(26)16-6-9-22(10-7-16)14-24-19-5-4-18(25(27)28)11-17(19)12-21-24/h4-5,11-12,15-16H,2-3,6-10,13-14H2,1H3. The van der Waals surface area contributed by atoms with E-state index in [1.807, 2.05) is 4.68 Å². The normalized spacial score (nSPS) is 21.9. The van der Waals surface area contributed by atoms with Gasteiger partial charge in [-0.15, -0.1) is 0 Å². The lowest BCUT2D eigenvalue weighted by Gasteiger charge is -2.37. The molecule has 2 saturated heterocycles. The Morgan fingerprint density at radius 1 is 1.25 bits per heavy atom. The highest BCUT2D eigenvalue weighted by atomic mass is 16.6. The highest BCUT2D eigenvalue weighted by Crippen LogP contribution is 2.25. The lowest BCUT2D eigenvalue weighted by atomic mass is 9.93. The van der Waals surface area contributed by atoms with Crippen LogP contribution in [0.1, 0.15) is 32.6 Å². The summed E-state index contributed by atoms with van der Waals surface area (Å²) in [5.74, 6) is 1.09. The van der Waals surface area contributed by atoms with E-state index in [-0.39, 0.29) is 16.5 Å². The van der Waals surface area contributed by atoms with Crippen molar-refractivity contribution in [2.45, 2.75) is 39.3 Å². The number of carbonyl (C=O) groups excluding carboxylic acids is 1. The molecule has 0 bridgehead atoms. The molecule has 1 amide bonds. The van der Waals surface area contributed by atoms with Crippen molar-refractivity contribution in [2.24, 2.45) is 11.8 Å². The number of rotatable bonds is 4. The summed E-state index contributed by atoms with van der Waals surface area (Å²) in [4.78, 5) is 27.7. The number of nitro benzene ring substituents is 1. The Labute approximate surface area is 164 Å². The van der Waals surface area contributed by atoms with Crippen LogP contribution in [0.25, 0.3) is 10.9 Å². The van der Waals surface area contributed by atoms with E-state index in [0.717, 1.165) is 56.3 Å². The van der Waals surface area contributed by atoms with Gasteiger partial charge in [-0.25, -0.2) is 0 Å². The molecule has 2 fully saturated rings. The first kappa shape index (κ1) is 18.9. The zero-order chi connectivity index (χ0) is 19.7. The third-order valence-corrected chi connectivity index (χ3v) is 6.08. The Kier molecular flexibility index (Phi) is 5.30. The molecule has 1 aromatic carbocycles. The highest BCUT2D eigenvalue weighted by molar-refractivity contribution is 5.81. The third-order valence-electron chi connectivity index (χ3n) is 6.08. The van der Waals surface area contributed by atoms with Crippen molar-refractivity contribution >= 4 is 22.5 Å². The van der Waals surface area contributed by atoms with Crippen LogP contribution in [0.4, 0.5) is 5.69 Å². The number of piperidine rings is 2. The molecule has 0 saturated carbocycles. The van der Waals surface area contributed by atoms with Crippen LogP contribution in [0, 0.1) is 22.0 Å². The van der Waals surface area contributed by atoms with Crippen molar-refractivity contribution in [1.29, 1.82) is 0 Å². The second-order valence-corrected chi connectivity index (χ2v) is 8.21. The molecule has 2 aromatic rings. The van der Waals surface area contributed by atoms with Gasteiger partial charge in [0, 0.05) is 49.6 Å². The van der Waals surface area contributed by atoms with E-state index < -0.39 is 0 Å². The number of amides is 1. The van der Waals surface area contributed by atoms with Gasteiger partial charge in [0.05, 0.1) is 23.3 Å². The quantitative estimate of drug-likeness (QED) is 0.597. The number of nitro groups is 1. The Balaban J connectivity index is 1.35. The molecule has 0 radical (unpaired) electrons. The predicted molar refractivity (Wildman–Crippen MR) is 106 cm³/mol. The van der Waals surface area contributed by atoms with Crippen LogP contribution in [-0.2, 0) is 11.5 Å². The van der Waals surface area contributed by atoms with Crippen LogP contribution in [0.15, 0.2) is 24.4 Å². The Hall–Kier alpha value is -2.48. The number of hydrogen-bond donors (Lipinski definition) is 0. The molecule has 150 valence electrons. The Bertz CT molecular complexity index is 872. The number of fused-ring (bicyclic) bond motifs is 1. The molecule has 0 N–H and O–H groups in total. The van der Waals surface area contributed by atoms with Crippen LogP contribution in [-0.4, -0.2) is 56.6 Å². The van der Waals surface area contributed by atoms with Gasteiger partial charge < -0.3 is 4.90 Å². The van der Waals surface area contributed by atoms with Gasteiger partial charge in [-0.1, -0.05) is 6.92 Å². The van der Waals surface area contributed by atoms with Crippen LogP contribution >= 0.6 is 0 Å². The highest BCUT2D eigenvalue weighted by Gasteiger charge is 2.30. The molecule has 28 heavy (non-hydrogen) atoms. The second kappa shape index (κ2) is 7.87. The van der Waals surface area contributed by atoms with Crippen molar-refractivity contribution in [3.8, 4) is 0 Å². The summed E-state index contributed by atoms with van der Waals surface area (Å²) in [5, 5.41) is 16.1. The molecule has 1 aromatic heterocycles. The maximum absolute atomic E-state index is 12.8. The van der Waals surface area contributed by atoms with Crippen LogP contribution < -0.4 is 0 Å². The van der Waals surface area contributed by atoms with E-state index in [4.69, 9.17) is 0 Å². The average molecular weight is 385 g/mol. The van der Waals surface area contributed by atoms with Gasteiger partial charge in [-0.05, 0) is 37.7 Å². The number of benzene rings is 1. The molecular formula is C20H27N5O3. The average Bonchev–Trinajstić information content (AvgIpc) is 3.10. The van der Waals surface area contributed by atoms with Crippen LogP contribution in [0.3, 0.4) is 0 Å². The summed E-state index contributed by atoms with van der Waals surface area (Å²) < 4.78 is 1.88. The number of nitrogens with zero attached hydrogens (tertiary/aromatic N) is 5.